The van der Waals surface area contributed by atoms with Crippen molar-refractivity contribution in [3.05, 3.63) is 52.4 Å². The Labute approximate surface area is 189 Å². The molecule has 6 nitrogen and oxygen atoms in total. The van der Waals surface area contributed by atoms with Gasteiger partial charge in [0.1, 0.15) is 5.76 Å². The van der Waals surface area contributed by atoms with E-state index in [4.69, 9.17) is 4.42 Å². The van der Waals surface area contributed by atoms with E-state index in [-0.39, 0.29) is 17.4 Å². The van der Waals surface area contributed by atoms with Gasteiger partial charge in [0.2, 0.25) is 0 Å². The highest BCUT2D eigenvalue weighted by molar-refractivity contribution is 9.10. The third-order valence-corrected chi connectivity index (χ3v) is 7.05. The van der Waals surface area contributed by atoms with Gasteiger partial charge in [-0.05, 0) is 62.3 Å². The molecule has 1 N–H and O–H groups in total. The third kappa shape index (κ3) is 7.04. The molecule has 0 bridgehead atoms. The maximum absolute atomic E-state index is 12.5. The average Bonchev–Trinajstić information content (AvgIpc) is 3.21. The summed E-state index contributed by atoms with van der Waals surface area (Å²) in [5, 5.41) is 2.92. The maximum Gasteiger partial charge on any atom is 0.286 e. The van der Waals surface area contributed by atoms with Crippen LogP contribution in [0.4, 0.5) is 0 Å². The fourth-order valence-electron chi connectivity index (χ4n) is 3.52. The first-order valence-corrected chi connectivity index (χ1v) is 12.6. The number of nitrogens with one attached hydrogen (secondary N) is 1. The Bertz CT molecular complexity index is 832. The minimum absolute atomic E-state index is 0.219. The van der Waals surface area contributed by atoms with E-state index in [0.717, 1.165) is 48.5 Å². The summed E-state index contributed by atoms with van der Waals surface area (Å²) in [6.45, 7) is 9.50. The van der Waals surface area contributed by atoms with Crippen molar-refractivity contribution >= 4 is 32.6 Å². The quantitative estimate of drug-likeness (QED) is 0.511. The number of amides is 1. The lowest BCUT2D eigenvalue weighted by Gasteiger charge is -2.34. The van der Waals surface area contributed by atoms with Gasteiger partial charge in [-0.2, -0.15) is 0 Å². The Kier molecular flexibility index (Phi) is 9.11. The van der Waals surface area contributed by atoms with Crippen LogP contribution < -0.4 is 5.32 Å². The molecule has 30 heavy (non-hydrogen) atoms. The first kappa shape index (κ1) is 23.2. The van der Waals surface area contributed by atoms with Gasteiger partial charge in [-0.1, -0.05) is 22.9 Å². The Morgan fingerprint density at radius 2 is 1.73 bits per heavy atom. The van der Waals surface area contributed by atoms with E-state index in [1.807, 2.05) is 24.3 Å². The molecule has 164 valence electrons. The summed E-state index contributed by atoms with van der Waals surface area (Å²) in [6, 6.07) is 10.7. The van der Waals surface area contributed by atoms with Crippen LogP contribution in [0.1, 0.15) is 36.1 Å². The van der Waals surface area contributed by atoms with Crippen LogP contribution in [-0.2, 0) is 16.6 Å². The van der Waals surface area contributed by atoms with E-state index >= 15 is 0 Å². The van der Waals surface area contributed by atoms with Crippen molar-refractivity contribution in [2.45, 2.75) is 30.4 Å². The van der Waals surface area contributed by atoms with Crippen molar-refractivity contribution in [1.82, 2.24) is 15.1 Å². The predicted molar refractivity (Wildman–Crippen MR) is 123 cm³/mol. The second-order valence-corrected chi connectivity index (χ2v) is 9.87. The lowest BCUT2D eigenvalue weighted by molar-refractivity contribution is 0.0919. The van der Waals surface area contributed by atoms with E-state index in [9.17, 15) is 9.00 Å². The second-order valence-electron chi connectivity index (χ2n) is 7.50. The number of hydrogen-bond donors (Lipinski definition) is 1. The van der Waals surface area contributed by atoms with Crippen LogP contribution in [0.2, 0.25) is 0 Å². The topological polar surface area (TPSA) is 65.8 Å². The molecule has 0 spiro atoms. The summed E-state index contributed by atoms with van der Waals surface area (Å²) < 4.78 is 19.0. The molecule has 1 aliphatic rings. The Morgan fingerprint density at radius 1 is 1.07 bits per heavy atom. The number of halogens is 1. The maximum atomic E-state index is 12.5. The van der Waals surface area contributed by atoms with E-state index in [0.29, 0.717) is 12.3 Å². The minimum Gasteiger partial charge on any atom is -0.455 e. The van der Waals surface area contributed by atoms with Gasteiger partial charge in [-0.15, -0.1) is 0 Å². The zero-order valence-electron chi connectivity index (χ0n) is 17.4. The monoisotopic (exact) mass is 495 g/mol. The number of piperazine rings is 1. The van der Waals surface area contributed by atoms with Gasteiger partial charge < -0.3 is 19.5 Å². The van der Waals surface area contributed by atoms with Crippen molar-refractivity contribution in [1.29, 1.82) is 0 Å². The highest BCUT2D eigenvalue weighted by atomic mass is 79.9. The molecule has 0 aliphatic carbocycles. The molecule has 1 amide bonds. The van der Waals surface area contributed by atoms with Crippen molar-refractivity contribution in [2.75, 3.05) is 45.8 Å². The second kappa shape index (κ2) is 11.8. The summed E-state index contributed by atoms with van der Waals surface area (Å²) in [6.07, 6.45) is 2.13. The molecule has 8 heteroatoms. The van der Waals surface area contributed by atoms with Crippen LogP contribution >= 0.6 is 15.9 Å². The summed E-state index contributed by atoms with van der Waals surface area (Å²) in [5.41, 5.74) is 0. The normalized spacial score (nSPS) is 16.5. The van der Waals surface area contributed by atoms with Gasteiger partial charge in [0, 0.05) is 42.1 Å². The Hall–Kier alpha value is -1.48. The molecule has 0 unspecified atom stereocenters. The molecule has 2 aromatic rings. The number of carbonyl (C=O) groups excluding carboxylic acids is 1. The Morgan fingerprint density at radius 3 is 2.40 bits per heavy atom. The summed E-state index contributed by atoms with van der Waals surface area (Å²) in [7, 11) is -1.21. The highest BCUT2D eigenvalue weighted by Crippen LogP contribution is 2.17. The standard InChI is InChI=1S/C22H30BrN3O3S/c1-2-11-25-13-15-26(16-14-25)12-3-10-24-22(27)21-9-6-19(29-21)17-30(28)20-7-4-18(23)5-8-20/h4-9H,2-3,10-17H2,1H3,(H,24,27)/t30-/m0/s1. The molecular weight excluding hydrogens is 466 g/mol. The molecule has 1 saturated heterocycles. The number of carbonyl (C=O) groups is 1. The van der Waals surface area contributed by atoms with Crippen LogP contribution in [0.5, 0.6) is 0 Å². The van der Waals surface area contributed by atoms with Crippen molar-refractivity contribution < 1.29 is 13.4 Å². The molecule has 1 atom stereocenters. The SMILES string of the molecule is CCCN1CCN(CCCNC(=O)c2ccc(C[S@](=O)c3ccc(Br)cc3)o2)CC1. The summed E-state index contributed by atoms with van der Waals surface area (Å²) in [5.74, 6) is 0.847. The van der Waals surface area contributed by atoms with Gasteiger partial charge in [0.15, 0.2) is 5.76 Å². The van der Waals surface area contributed by atoms with Crippen LogP contribution in [0.3, 0.4) is 0 Å². The summed E-state index contributed by atoms with van der Waals surface area (Å²) >= 11 is 3.37. The van der Waals surface area contributed by atoms with Gasteiger partial charge in [0.05, 0.1) is 16.6 Å². The molecule has 1 aromatic carbocycles. The number of nitrogens with zero attached hydrogens (tertiary/aromatic N) is 2. The van der Waals surface area contributed by atoms with E-state index in [2.05, 4.69) is 38.0 Å². The Balaban J connectivity index is 1.37. The van der Waals surface area contributed by atoms with Crippen LogP contribution in [0.25, 0.3) is 0 Å². The van der Waals surface area contributed by atoms with E-state index in [1.54, 1.807) is 12.1 Å². The first-order chi connectivity index (χ1) is 14.5. The van der Waals surface area contributed by atoms with Crippen molar-refractivity contribution in [2.24, 2.45) is 0 Å². The van der Waals surface area contributed by atoms with Gasteiger partial charge in [-0.25, -0.2) is 0 Å². The third-order valence-electron chi connectivity index (χ3n) is 5.18. The molecule has 1 aromatic heterocycles. The molecule has 1 fully saturated rings. The smallest absolute Gasteiger partial charge is 0.286 e. The van der Waals surface area contributed by atoms with E-state index in [1.165, 1.54) is 13.0 Å². The summed E-state index contributed by atoms with van der Waals surface area (Å²) in [4.78, 5) is 18.0. The number of benzene rings is 1. The molecule has 2 heterocycles. The number of furan rings is 1. The highest BCUT2D eigenvalue weighted by Gasteiger charge is 2.16. The number of hydrogen-bond acceptors (Lipinski definition) is 5. The van der Waals surface area contributed by atoms with Crippen molar-refractivity contribution in [3.63, 3.8) is 0 Å². The fourth-order valence-corrected chi connectivity index (χ4v) is 4.81. The van der Waals surface area contributed by atoms with Crippen LogP contribution in [0, 0.1) is 0 Å². The fraction of sp³-hybridized carbons (Fsp3) is 0.500. The zero-order valence-corrected chi connectivity index (χ0v) is 19.8. The first-order valence-electron chi connectivity index (χ1n) is 10.5. The molecule has 0 saturated carbocycles. The number of rotatable bonds is 10. The predicted octanol–water partition coefficient (Wildman–Crippen LogP) is 3.50. The van der Waals surface area contributed by atoms with Crippen LogP contribution in [0.15, 0.2) is 50.2 Å². The average molecular weight is 496 g/mol. The van der Waals surface area contributed by atoms with Crippen molar-refractivity contribution in [3.8, 4) is 0 Å². The molecule has 3 rings (SSSR count). The van der Waals surface area contributed by atoms with E-state index < -0.39 is 10.8 Å². The lowest BCUT2D eigenvalue weighted by Crippen LogP contribution is -2.47. The lowest BCUT2D eigenvalue weighted by atomic mass is 10.2. The van der Waals surface area contributed by atoms with Crippen LogP contribution in [-0.4, -0.2) is 65.7 Å². The molecular formula is C22H30BrN3O3S. The largest absolute Gasteiger partial charge is 0.455 e. The van der Waals surface area contributed by atoms with Gasteiger partial charge in [0.25, 0.3) is 5.91 Å². The van der Waals surface area contributed by atoms with Gasteiger partial charge >= 0.3 is 0 Å². The molecule has 0 radical (unpaired) electrons. The zero-order chi connectivity index (χ0) is 21.3. The van der Waals surface area contributed by atoms with Gasteiger partial charge in [-0.3, -0.25) is 9.00 Å². The minimum atomic E-state index is -1.21. The molecule has 1 aliphatic heterocycles.